The fourth-order valence-electron chi connectivity index (χ4n) is 2.63. The summed E-state index contributed by atoms with van der Waals surface area (Å²) < 4.78 is 0. The van der Waals surface area contributed by atoms with Crippen molar-refractivity contribution in [3.63, 3.8) is 0 Å². The fraction of sp³-hybridized carbons (Fsp3) is 1.00. The molecule has 1 aliphatic heterocycles. The second-order valence-electron chi connectivity index (χ2n) is 5.45. The van der Waals surface area contributed by atoms with E-state index < -0.39 is 0 Å². The van der Waals surface area contributed by atoms with Crippen LogP contribution >= 0.6 is 0 Å². The molecule has 0 spiro atoms. The molecular formula is C13H28N2. The molecule has 90 valence electrons. The smallest absolute Gasteiger partial charge is 0.00818 e. The second kappa shape index (κ2) is 5.86. The molecule has 1 rings (SSSR count). The minimum Gasteiger partial charge on any atom is -0.314 e. The molecule has 0 radical (unpaired) electrons. The van der Waals surface area contributed by atoms with Gasteiger partial charge in [0.1, 0.15) is 0 Å². The zero-order valence-corrected chi connectivity index (χ0v) is 11.1. The normalized spacial score (nSPS) is 31.8. The Labute approximate surface area is 95.4 Å². The molecule has 0 aromatic heterocycles. The van der Waals surface area contributed by atoms with Crippen LogP contribution in [-0.2, 0) is 0 Å². The van der Waals surface area contributed by atoms with Gasteiger partial charge in [-0.3, -0.25) is 0 Å². The summed E-state index contributed by atoms with van der Waals surface area (Å²) in [6, 6.07) is 1.38. The van der Waals surface area contributed by atoms with Gasteiger partial charge in [-0.15, -0.1) is 0 Å². The Kier molecular flexibility index (Phi) is 5.07. The maximum absolute atomic E-state index is 3.50. The molecule has 0 aliphatic carbocycles. The SMILES string of the molecule is CCNC(C)CC(C)N1CC(C)C(C)C1. The number of likely N-dealkylation sites (tertiary alicyclic amines) is 1. The van der Waals surface area contributed by atoms with Gasteiger partial charge in [0, 0.05) is 25.2 Å². The van der Waals surface area contributed by atoms with Crippen LogP contribution in [0, 0.1) is 11.8 Å². The summed E-state index contributed by atoms with van der Waals surface area (Å²) in [4.78, 5) is 2.66. The molecule has 0 bridgehead atoms. The third-order valence-corrected chi connectivity index (χ3v) is 3.89. The van der Waals surface area contributed by atoms with E-state index in [1.165, 1.54) is 19.5 Å². The lowest BCUT2D eigenvalue weighted by Gasteiger charge is -2.27. The predicted octanol–water partition coefficient (Wildman–Crippen LogP) is 2.35. The first kappa shape index (κ1) is 13.0. The molecule has 4 atom stereocenters. The summed E-state index contributed by atoms with van der Waals surface area (Å²) in [5.74, 6) is 1.75. The Morgan fingerprint density at radius 3 is 2.20 bits per heavy atom. The van der Waals surface area contributed by atoms with E-state index >= 15 is 0 Å². The van der Waals surface area contributed by atoms with Gasteiger partial charge in [0.2, 0.25) is 0 Å². The molecule has 4 unspecified atom stereocenters. The van der Waals surface area contributed by atoms with E-state index in [4.69, 9.17) is 0 Å². The van der Waals surface area contributed by atoms with E-state index in [9.17, 15) is 0 Å². The zero-order valence-electron chi connectivity index (χ0n) is 11.1. The van der Waals surface area contributed by atoms with Gasteiger partial charge in [-0.25, -0.2) is 0 Å². The van der Waals surface area contributed by atoms with Gasteiger partial charge in [0.25, 0.3) is 0 Å². The van der Waals surface area contributed by atoms with Crippen LogP contribution in [0.5, 0.6) is 0 Å². The zero-order chi connectivity index (χ0) is 11.4. The van der Waals surface area contributed by atoms with Crippen molar-refractivity contribution in [3.8, 4) is 0 Å². The monoisotopic (exact) mass is 212 g/mol. The predicted molar refractivity (Wildman–Crippen MR) is 67.1 cm³/mol. The summed E-state index contributed by atoms with van der Waals surface area (Å²) in [6.07, 6.45) is 1.27. The van der Waals surface area contributed by atoms with Gasteiger partial charge < -0.3 is 10.2 Å². The Balaban J connectivity index is 2.31. The lowest BCUT2D eigenvalue weighted by atomic mass is 10.0. The van der Waals surface area contributed by atoms with Crippen molar-refractivity contribution in [1.82, 2.24) is 10.2 Å². The van der Waals surface area contributed by atoms with E-state index in [-0.39, 0.29) is 0 Å². The lowest BCUT2D eigenvalue weighted by Crippen LogP contribution is -2.37. The molecule has 15 heavy (non-hydrogen) atoms. The average Bonchev–Trinajstić information content (AvgIpc) is 2.47. The van der Waals surface area contributed by atoms with Crippen molar-refractivity contribution in [1.29, 1.82) is 0 Å². The van der Waals surface area contributed by atoms with E-state index in [2.05, 4.69) is 44.8 Å². The molecule has 0 saturated carbocycles. The van der Waals surface area contributed by atoms with Crippen LogP contribution in [0.3, 0.4) is 0 Å². The van der Waals surface area contributed by atoms with Crippen LogP contribution in [0.4, 0.5) is 0 Å². The molecule has 0 aromatic carbocycles. The molecule has 1 heterocycles. The van der Waals surface area contributed by atoms with Crippen LogP contribution < -0.4 is 5.32 Å². The Hall–Kier alpha value is -0.0800. The summed E-state index contributed by atoms with van der Waals surface area (Å²) >= 11 is 0. The third-order valence-electron chi connectivity index (χ3n) is 3.89. The van der Waals surface area contributed by atoms with Crippen molar-refractivity contribution < 1.29 is 0 Å². The Bertz CT molecular complexity index is 171. The van der Waals surface area contributed by atoms with Crippen LogP contribution in [0.1, 0.15) is 41.0 Å². The minimum atomic E-state index is 0.649. The highest BCUT2D eigenvalue weighted by atomic mass is 15.2. The number of nitrogens with one attached hydrogen (secondary N) is 1. The van der Waals surface area contributed by atoms with Crippen molar-refractivity contribution >= 4 is 0 Å². The van der Waals surface area contributed by atoms with Crippen LogP contribution in [0.15, 0.2) is 0 Å². The molecular weight excluding hydrogens is 184 g/mol. The number of hydrogen-bond donors (Lipinski definition) is 1. The quantitative estimate of drug-likeness (QED) is 0.752. The molecule has 0 aromatic rings. The van der Waals surface area contributed by atoms with Gasteiger partial charge in [-0.2, -0.15) is 0 Å². The third kappa shape index (κ3) is 3.76. The van der Waals surface area contributed by atoms with Crippen molar-refractivity contribution in [2.75, 3.05) is 19.6 Å². The summed E-state index contributed by atoms with van der Waals surface area (Å²) in [7, 11) is 0. The molecule has 0 amide bonds. The summed E-state index contributed by atoms with van der Waals surface area (Å²) in [5, 5.41) is 3.50. The first-order valence-corrected chi connectivity index (χ1v) is 6.52. The number of hydrogen-bond acceptors (Lipinski definition) is 2. The summed E-state index contributed by atoms with van der Waals surface area (Å²) in [5.41, 5.74) is 0. The highest BCUT2D eigenvalue weighted by Crippen LogP contribution is 2.25. The molecule has 1 N–H and O–H groups in total. The van der Waals surface area contributed by atoms with Crippen molar-refractivity contribution in [2.24, 2.45) is 11.8 Å². The molecule has 2 heteroatoms. The molecule has 1 saturated heterocycles. The molecule has 1 fully saturated rings. The van der Waals surface area contributed by atoms with Gasteiger partial charge >= 0.3 is 0 Å². The Morgan fingerprint density at radius 2 is 1.73 bits per heavy atom. The van der Waals surface area contributed by atoms with Crippen LogP contribution in [0.25, 0.3) is 0 Å². The lowest BCUT2D eigenvalue weighted by molar-refractivity contribution is 0.222. The van der Waals surface area contributed by atoms with E-state index in [0.29, 0.717) is 6.04 Å². The highest BCUT2D eigenvalue weighted by Gasteiger charge is 2.29. The van der Waals surface area contributed by atoms with Crippen LogP contribution in [0.2, 0.25) is 0 Å². The van der Waals surface area contributed by atoms with Crippen LogP contribution in [-0.4, -0.2) is 36.6 Å². The van der Waals surface area contributed by atoms with Gasteiger partial charge in [-0.1, -0.05) is 20.8 Å². The number of nitrogens with zero attached hydrogens (tertiary/aromatic N) is 1. The van der Waals surface area contributed by atoms with E-state index in [1.54, 1.807) is 0 Å². The fourth-order valence-corrected chi connectivity index (χ4v) is 2.63. The minimum absolute atomic E-state index is 0.649. The van der Waals surface area contributed by atoms with E-state index in [1.807, 2.05) is 0 Å². The largest absolute Gasteiger partial charge is 0.314 e. The van der Waals surface area contributed by atoms with Gasteiger partial charge in [-0.05, 0) is 38.6 Å². The van der Waals surface area contributed by atoms with Crippen molar-refractivity contribution in [3.05, 3.63) is 0 Å². The molecule has 1 aliphatic rings. The van der Waals surface area contributed by atoms with Gasteiger partial charge in [0.05, 0.1) is 0 Å². The highest BCUT2D eigenvalue weighted by molar-refractivity contribution is 4.83. The van der Waals surface area contributed by atoms with Gasteiger partial charge in [0.15, 0.2) is 0 Å². The number of rotatable bonds is 5. The maximum Gasteiger partial charge on any atom is 0.00818 e. The van der Waals surface area contributed by atoms with E-state index in [0.717, 1.165) is 24.4 Å². The topological polar surface area (TPSA) is 15.3 Å². The first-order chi connectivity index (χ1) is 7.04. The van der Waals surface area contributed by atoms with Crippen molar-refractivity contribution in [2.45, 2.75) is 53.1 Å². The molecule has 2 nitrogen and oxygen atoms in total. The maximum atomic E-state index is 3.50. The second-order valence-corrected chi connectivity index (χ2v) is 5.45. The average molecular weight is 212 g/mol. The standard InChI is InChI=1S/C13H28N2/c1-6-14-12(4)7-13(5)15-8-10(2)11(3)9-15/h10-14H,6-9H2,1-5H3. The first-order valence-electron chi connectivity index (χ1n) is 6.52. The Morgan fingerprint density at radius 1 is 1.20 bits per heavy atom. The summed E-state index contributed by atoms with van der Waals surface area (Å²) in [6.45, 7) is 15.3.